The van der Waals surface area contributed by atoms with Crippen molar-refractivity contribution in [3.63, 3.8) is 0 Å². The fraction of sp³-hybridized carbons (Fsp3) is 0.368. The van der Waals surface area contributed by atoms with E-state index in [1.54, 1.807) is 0 Å². The fourth-order valence-corrected chi connectivity index (χ4v) is 3.41. The summed E-state index contributed by atoms with van der Waals surface area (Å²) in [5, 5.41) is 11.7. The van der Waals surface area contributed by atoms with Crippen LogP contribution in [0.25, 0.3) is 0 Å². The second kappa shape index (κ2) is 7.28. The van der Waals surface area contributed by atoms with Crippen LogP contribution in [0.5, 0.6) is 0 Å². The van der Waals surface area contributed by atoms with Crippen molar-refractivity contribution in [3.8, 4) is 0 Å². The lowest BCUT2D eigenvalue weighted by atomic mass is 9.93. The lowest BCUT2D eigenvalue weighted by Crippen LogP contribution is -2.37. The third kappa shape index (κ3) is 3.52. The summed E-state index contributed by atoms with van der Waals surface area (Å²) in [6.07, 6.45) is 3.15. The molecule has 0 radical (unpaired) electrons. The van der Waals surface area contributed by atoms with Crippen molar-refractivity contribution in [1.29, 1.82) is 0 Å². The first-order valence-corrected chi connectivity index (χ1v) is 8.36. The van der Waals surface area contributed by atoms with Crippen LogP contribution in [-0.4, -0.2) is 23.1 Å². The fourth-order valence-electron chi connectivity index (χ4n) is 3.28. The van der Waals surface area contributed by atoms with Crippen molar-refractivity contribution in [1.82, 2.24) is 4.90 Å². The quantitative estimate of drug-likeness (QED) is 0.891. The Kier molecular flexibility index (Phi) is 5.14. The average molecular weight is 316 g/mol. The second-order valence-electron chi connectivity index (χ2n) is 5.95. The second-order valence-corrected chi connectivity index (χ2v) is 6.38. The van der Waals surface area contributed by atoms with Crippen LogP contribution in [0.4, 0.5) is 0 Å². The standard InChI is InChI=1S/C19H22ClNO/c20-17-11-9-16(10-12-17)19(22)18(15-7-3-1-4-8-15)21-13-5-2-6-14-21/h1,3-4,7-12,18-19,22H,2,5-6,13-14H2/t18-,19-/m0/s1. The predicted octanol–water partition coefficient (Wildman–Crippen LogP) is 4.60. The minimum Gasteiger partial charge on any atom is -0.386 e. The van der Waals surface area contributed by atoms with E-state index in [2.05, 4.69) is 17.0 Å². The van der Waals surface area contributed by atoms with Gasteiger partial charge in [0, 0.05) is 5.02 Å². The first kappa shape index (κ1) is 15.5. The topological polar surface area (TPSA) is 23.5 Å². The van der Waals surface area contributed by atoms with Gasteiger partial charge in [-0.15, -0.1) is 0 Å². The van der Waals surface area contributed by atoms with Crippen molar-refractivity contribution in [2.75, 3.05) is 13.1 Å². The number of aliphatic hydroxyl groups is 1. The van der Waals surface area contributed by atoms with Gasteiger partial charge in [0.1, 0.15) is 0 Å². The number of rotatable bonds is 4. The molecule has 0 amide bonds. The average Bonchev–Trinajstić information content (AvgIpc) is 2.57. The first-order valence-electron chi connectivity index (χ1n) is 7.98. The van der Waals surface area contributed by atoms with Gasteiger partial charge < -0.3 is 5.11 Å². The SMILES string of the molecule is O[C@@H](c1ccc(Cl)cc1)[C@H](c1ccccc1)N1CCCCC1. The van der Waals surface area contributed by atoms with E-state index in [0.29, 0.717) is 5.02 Å². The molecule has 22 heavy (non-hydrogen) atoms. The molecule has 1 aliphatic heterocycles. The van der Waals surface area contributed by atoms with E-state index in [1.807, 2.05) is 42.5 Å². The number of piperidine rings is 1. The zero-order valence-electron chi connectivity index (χ0n) is 12.7. The number of likely N-dealkylation sites (tertiary alicyclic amines) is 1. The van der Waals surface area contributed by atoms with Crippen LogP contribution >= 0.6 is 11.6 Å². The summed E-state index contributed by atoms with van der Waals surface area (Å²) < 4.78 is 0. The molecule has 0 saturated carbocycles. The van der Waals surface area contributed by atoms with E-state index in [-0.39, 0.29) is 6.04 Å². The van der Waals surface area contributed by atoms with Gasteiger partial charge in [0.15, 0.2) is 0 Å². The molecule has 3 heteroatoms. The summed E-state index contributed by atoms with van der Waals surface area (Å²) in [7, 11) is 0. The van der Waals surface area contributed by atoms with Gasteiger partial charge in [0.05, 0.1) is 12.1 Å². The molecule has 0 bridgehead atoms. The highest BCUT2D eigenvalue weighted by Crippen LogP contribution is 2.36. The van der Waals surface area contributed by atoms with Crippen LogP contribution in [0.2, 0.25) is 5.02 Å². The van der Waals surface area contributed by atoms with E-state index in [4.69, 9.17) is 11.6 Å². The maximum atomic E-state index is 11.0. The van der Waals surface area contributed by atoms with Crippen molar-refractivity contribution in [3.05, 3.63) is 70.7 Å². The van der Waals surface area contributed by atoms with Gasteiger partial charge in [-0.2, -0.15) is 0 Å². The third-order valence-electron chi connectivity index (χ3n) is 4.44. The van der Waals surface area contributed by atoms with Crippen LogP contribution in [0.3, 0.4) is 0 Å². The van der Waals surface area contributed by atoms with Crippen LogP contribution in [0.1, 0.15) is 42.5 Å². The summed E-state index contributed by atoms with van der Waals surface area (Å²) in [4.78, 5) is 2.41. The predicted molar refractivity (Wildman–Crippen MR) is 91.0 cm³/mol. The number of nitrogens with zero attached hydrogens (tertiary/aromatic N) is 1. The van der Waals surface area contributed by atoms with Crippen molar-refractivity contribution in [2.24, 2.45) is 0 Å². The molecule has 1 heterocycles. The maximum Gasteiger partial charge on any atom is 0.0986 e. The monoisotopic (exact) mass is 315 g/mol. The summed E-state index contributed by atoms with van der Waals surface area (Å²) in [6, 6.07) is 17.9. The Hall–Kier alpha value is -1.35. The minimum atomic E-state index is -0.544. The Morgan fingerprint density at radius 1 is 0.818 bits per heavy atom. The minimum absolute atomic E-state index is 0.00248. The Labute approximate surface area is 137 Å². The number of hydrogen-bond acceptors (Lipinski definition) is 2. The summed E-state index contributed by atoms with van der Waals surface area (Å²) in [5.74, 6) is 0. The molecule has 2 nitrogen and oxygen atoms in total. The van der Waals surface area contributed by atoms with Crippen LogP contribution in [0, 0.1) is 0 Å². The van der Waals surface area contributed by atoms with Gasteiger partial charge in [0.2, 0.25) is 0 Å². The highest BCUT2D eigenvalue weighted by Gasteiger charge is 2.29. The van der Waals surface area contributed by atoms with Crippen molar-refractivity contribution in [2.45, 2.75) is 31.4 Å². The maximum absolute atomic E-state index is 11.0. The van der Waals surface area contributed by atoms with Crippen LogP contribution in [0.15, 0.2) is 54.6 Å². The molecule has 116 valence electrons. The molecule has 0 spiro atoms. The molecule has 3 rings (SSSR count). The first-order chi connectivity index (χ1) is 10.8. The number of benzene rings is 2. The largest absolute Gasteiger partial charge is 0.386 e. The lowest BCUT2D eigenvalue weighted by Gasteiger charge is -2.37. The molecule has 0 aromatic heterocycles. The van der Waals surface area contributed by atoms with E-state index >= 15 is 0 Å². The molecular weight excluding hydrogens is 294 g/mol. The highest BCUT2D eigenvalue weighted by atomic mass is 35.5. The number of halogens is 1. The van der Waals surface area contributed by atoms with Gasteiger partial charge in [-0.25, -0.2) is 0 Å². The molecule has 2 aromatic rings. The van der Waals surface area contributed by atoms with Crippen LogP contribution in [-0.2, 0) is 0 Å². The zero-order valence-corrected chi connectivity index (χ0v) is 13.4. The number of hydrogen-bond donors (Lipinski definition) is 1. The molecule has 0 unspecified atom stereocenters. The summed E-state index contributed by atoms with van der Waals surface area (Å²) in [5.41, 5.74) is 2.09. The van der Waals surface area contributed by atoms with Crippen molar-refractivity contribution >= 4 is 11.6 Å². The molecule has 1 aliphatic rings. The normalized spacial score (nSPS) is 18.8. The molecule has 2 atom stereocenters. The van der Waals surface area contributed by atoms with E-state index < -0.39 is 6.10 Å². The Balaban J connectivity index is 1.91. The van der Waals surface area contributed by atoms with Crippen LogP contribution < -0.4 is 0 Å². The van der Waals surface area contributed by atoms with E-state index in [0.717, 1.165) is 18.7 Å². The third-order valence-corrected chi connectivity index (χ3v) is 4.69. The van der Waals surface area contributed by atoms with Crippen molar-refractivity contribution < 1.29 is 5.11 Å². The van der Waals surface area contributed by atoms with Gasteiger partial charge >= 0.3 is 0 Å². The lowest BCUT2D eigenvalue weighted by molar-refractivity contribution is 0.0362. The molecular formula is C19H22ClNO. The molecule has 2 aromatic carbocycles. The van der Waals surface area contributed by atoms with Gasteiger partial charge in [0.25, 0.3) is 0 Å². The number of aliphatic hydroxyl groups excluding tert-OH is 1. The molecule has 1 N–H and O–H groups in total. The Morgan fingerprint density at radius 3 is 2.09 bits per heavy atom. The Bertz CT molecular complexity index is 578. The van der Waals surface area contributed by atoms with Gasteiger partial charge in [-0.1, -0.05) is 60.5 Å². The van der Waals surface area contributed by atoms with E-state index in [1.165, 1.54) is 24.8 Å². The van der Waals surface area contributed by atoms with Gasteiger partial charge in [-0.05, 0) is 49.2 Å². The van der Waals surface area contributed by atoms with Gasteiger partial charge in [-0.3, -0.25) is 4.90 Å². The molecule has 1 saturated heterocycles. The molecule has 1 fully saturated rings. The van der Waals surface area contributed by atoms with E-state index in [9.17, 15) is 5.11 Å². The smallest absolute Gasteiger partial charge is 0.0986 e. The Morgan fingerprint density at radius 2 is 1.45 bits per heavy atom. The summed E-state index contributed by atoms with van der Waals surface area (Å²) >= 11 is 5.97. The summed E-state index contributed by atoms with van der Waals surface area (Å²) in [6.45, 7) is 2.09. The molecule has 0 aliphatic carbocycles. The highest BCUT2D eigenvalue weighted by molar-refractivity contribution is 6.30. The zero-order chi connectivity index (χ0) is 15.4.